The summed E-state index contributed by atoms with van der Waals surface area (Å²) in [5.41, 5.74) is 0.854. The second-order valence-electron chi connectivity index (χ2n) is 4.77. The average molecular weight is 328 g/mol. The molecular weight excluding hydrogens is 315 g/mol. The van der Waals surface area contributed by atoms with Crippen molar-refractivity contribution >= 4 is 22.6 Å². The summed E-state index contributed by atoms with van der Waals surface area (Å²) in [5.74, 6) is 0.193. The minimum Gasteiger partial charge on any atom is -0.410 e. The van der Waals surface area contributed by atoms with Gasteiger partial charge in [0.2, 0.25) is 0 Å². The van der Waals surface area contributed by atoms with Crippen LogP contribution in [0.1, 0.15) is 10.4 Å². The van der Waals surface area contributed by atoms with E-state index in [-0.39, 0.29) is 5.82 Å². The van der Waals surface area contributed by atoms with Crippen molar-refractivity contribution in [2.45, 2.75) is 6.42 Å². The lowest BCUT2D eigenvalue weighted by Gasteiger charge is -2.03. The van der Waals surface area contributed by atoms with Gasteiger partial charge in [-0.05, 0) is 29.8 Å². The highest BCUT2D eigenvalue weighted by molar-refractivity contribution is 7.15. The van der Waals surface area contributed by atoms with Gasteiger partial charge in [0.25, 0.3) is 0 Å². The molecule has 2 aromatic carbocycles. The molecule has 0 aliphatic carbocycles. The summed E-state index contributed by atoms with van der Waals surface area (Å²) in [6.45, 7) is 0. The van der Waals surface area contributed by atoms with Gasteiger partial charge >= 0.3 is 6.09 Å². The van der Waals surface area contributed by atoms with Crippen molar-refractivity contribution in [1.29, 1.82) is 0 Å². The molecule has 1 heterocycles. The van der Waals surface area contributed by atoms with Gasteiger partial charge in [0.05, 0.1) is 0 Å². The number of hydrogen-bond donors (Lipinski definition) is 1. The molecule has 0 bridgehead atoms. The Morgan fingerprint density at radius 2 is 2.00 bits per heavy atom. The summed E-state index contributed by atoms with van der Waals surface area (Å²) in [5, 5.41) is 3.02. The number of ether oxygens (including phenoxy) is 1. The Bertz CT molecular complexity index is 805. The molecule has 1 amide bonds. The zero-order chi connectivity index (χ0) is 16.1. The highest BCUT2D eigenvalue weighted by Crippen LogP contribution is 2.22. The second-order valence-corrected chi connectivity index (χ2v) is 5.88. The van der Waals surface area contributed by atoms with Crippen LogP contribution in [-0.4, -0.2) is 11.1 Å². The molecular formula is C17H13FN2O2S. The highest BCUT2D eigenvalue weighted by atomic mass is 32.1. The lowest BCUT2D eigenvalue weighted by Crippen LogP contribution is -2.16. The largest absolute Gasteiger partial charge is 0.418 e. The fourth-order valence-electron chi connectivity index (χ4n) is 2.00. The number of nitrogens with zero attached hydrogens (tertiary/aromatic N) is 1. The van der Waals surface area contributed by atoms with E-state index in [0.29, 0.717) is 17.3 Å². The Morgan fingerprint density at radius 1 is 1.17 bits per heavy atom. The van der Waals surface area contributed by atoms with E-state index in [0.717, 1.165) is 10.4 Å². The molecule has 1 aromatic heterocycles. The van der Waals surface area contributed by atoms with Gasteiger partial charge in [-0.15, -0.1) is 11.3 Å². The van der Waals surface area contributed by atoms with Gasteiger partial charge in [0, 0.05) is 17.5 Å². The maximum Gasteiger partial charge on any atom is 0.418 e. The normalized spacial score (nSPS) is 10.3. The molecule has 3 aromatic rings. The fraction of sp³-hybridized carbons (Fsp3) is 0.0588. The zero-order valence-corrected chi connectivity index (χ0v) is 12.8. The number of rotatable bonds is 4. The van der Waals surface area contributed by atoms with Crippen LogP contribution in [0.15, 0.2) is 60.8 Å². The number of carbonyl (C=O) groups excluding carboxylic acids is 1. The topological polar surface area (TPSA) is 51.2 Å². The third-order valence-electron chi connectivity index (χ3n) is 2.98. The maximum absolute atomic E-state index is 13.2. The number of aromatic nitrogens is 1. The number of thiazole rings is 1. The van der Waals surface area contributed by atoms with Gasteiger partial charge in [-0.2, -0.15) is 0 Å². The number of amides is 1. The van der Waals surface area contributed by atoms with E-state index in [1.807, 2.05) is 12.1 Å². The molecule has 3 rings (SSSR count). The Kier molecular flexibility index (Phi) is 4.63. The molecule has 1 N–H and O–H groups in total. The van der Waals surface area contributed by atoms with Gasteiger partial charge in [0.15, 0.2) is 5.13 Å². The van der Waals surface area contributed by atoms with Crippen LogP contribution in [0.3, 0.4) is 0 Å². The molecule has 23 heavy (non-hydrogen) atoms. The van der Waals surface area contributed by atoms with E-state index >= 15 is 0 Å². The SMILES string of the molecule is O=C(Nc1ncc(Cc2cccc(F)c2)s1)Oc1ccccc1. The van der Waals surface area contributed by atoms with Crippen LogP contribution in [0.5, 0.6) is 5.75 Å². The maximum atomic E-state index is 13.2. The van der Waals surface area contributed by atoms with E-state index in [1.165, 1.54) is 23.5 Å². The quantitative estimate of drug-likeness (QED) is 0.768. The summed E-state index contributed by atoms with van der Waals surface area (Å²) in [4.78, 5) is 16.8. The van der Waals surface area contributed by atoms with Crippen LogP contribution in [0, 0.1) is 5.82 Å². The molecule has 0 aliphatic rings. The van der Waals surface area contributed by atoms with Gasteiger partial charge in [-0.3, -0.25) is 5.32 Å². The third-order valence-corrected chi connectivity index (χ3v) is 3.90. The Labute approximate surface area is 136 Å². The Hall–Kier alpha value is -2.73. The molecule has 0 saturated heterocycles. The molecule has 116 valence electrons. The summed E-state index contributed by atoms with van der Waals surface area (Å²) in [7, 11) is 0. The molecule has 0 unspecified atom stereocenters. The zero-order valence-electron chi connectivity index (χ0n) is 12.0. The van der Waals surface area contributed by atoms with Crippen molar-refractivity contribution in [3.8, 4) is 5.75 Å². The van der Waals surface area contributed by atoms with Crippen LogP contribution >= 0.6 is 11.3 Å². The van der Waals surface area contributed by atoms with Crippen LogP contribution in [0.4, 0.5) is 14.3 Å². The van der Waals surface area contributed by atoms with Crippen LogP contribution < -0.4 is 10.1 Å². The van der Waals surface area contributed by atoms with E-state index in [1.54, 1.807) is 36.5 Å². The molecule has 0 spiro atoms. The van der Waals surface area contributed by atoms with Crippen LogP contribution in [0.2, 0.25) is 0 Å². The standard InChI is InChI=1S/C17H13FN2O2S/c18-13-6-4-5-12(9-13)10-15-11-19-16(23-15)20-17(21)22-14-7-2-1-3-8-14/h1-9,11H,10H2,(H,19,20,21). The van der Waals surface area contributed by atoms with Gasteiger partial charge in [-0.25, -0.2) is 14.2 Å². The van der Waals surface area contributed by atoms with Crippen LogP contribution in [-0.2, 0) is 6.42 Å². The van der Waals surface area contributed by atoms with Crippen molar-refractivity contribution in [3.63, 3.8) is 0 Å². The molecule has 0 aliphatic heterocycles. The van der Waals surface area contributed by atoms with Crippen LogP contribution in [0.25, 0.3) is 0 Å². The molecule has 0 fully saturated rings. The molecule has 0 atom stereocenters. The first-order chi connectivity index (χ1) is 11.2. The Morgan fingerprint density at radius 3 is 2.78 bits per heavy atom. The lowest BCUT2D eigenvalue weighted by atomic mass is 10.1. The molecule has 4 nitrogen and oxygen atoms in total. The number of para-hydroxylation sites is 1. The first kappa shape index (κ1) is 15.2. The Balaban J connectivity index is 1.60. The first-order valence-electron chi connectivity index (χ1n) is 6.92. The van der Waals surface area contributed by atoms with Gasteiger partial charge in [-0.1, -0.05) is 30.3 Å². The average Bonchev–Trinajstić information content (AvgIpc) is 2.95. The summed E-state index contributed by atoms with van der Waals surface area (Å²) in [6.07, 6.45) is 1.63. The molecule has 0 saturated carbocycles. The fourth-order valence-corrected chi connectivity index (χ4v) is 2.84. The number of nitrogens with one attached hydrogen (secondary N) is 1. The monoisotopic (exact) mass is 328 g/mol. The second kappa shape index (κ2) is 7.02. The smallest absolute Gasteiger partial charge is 0.410 e. The van der Waals surface area contributed by atoms with Crippen molar-refractivity contribution in [2.75, 3.05) is 5.32 Å². The number of halogens is 1. The highest BCUT2D eigenvalue weighted by Gasteiger charge is 2.09. The number of anilines is 1. The number of carbonyl (C=O) groups is 1. The predicted octanol–water partition coefficient (Wildman–Crippen LogP) is 4.48. The van der Waals surface area contributed by atoms with E-state index in [4.69, 9.17) is 4.74 Å². The van der Waals surface area contributed by atoms with Gasteiger partial charge < -0.3 is 4.74 Å². The minimum atomic E-state index is -0.595. The first-order valence-corrected chi connectivity index (χ1v) is 7.74. The van der Waals surface area contributed by atoms with Crippen molar-refractivity contribution in [3.05, 3.63) is 77.1 Å². The van der Waals surface area contributed by atoms with E-state index < -0.39 is 6.09 Å². The van der Waals surface area contributed by atoms with Crippen molar-refractivity contribution in [1.82, 2.24) is 4.98 Å². The lowest BCUT2D eigenvalue weighted by molar-refractivity contribution is 0.215. The van der Waals surface area contributed by atoms with Crippen molar-refractivity contribution in [2.24, 2.45) is 0 Å². The summed E-state index contributed by atoms with van der Waals surface area (Å²) in [6, 6.07) is 15.2. The summed E-state index contributed by atoms with van der Waals surface area (Å²) < 4.78 is 18.3. The number of hydrogen-bond acceptors (Lipinski definition) is 4. The van der Waals surface area contributed by atoms with Crippen molar-refractivity contribution < 1.29 is 13.9 Å². The predicted molar refractivity (Wildman–Crippen MR) is 87.4 cm³/mol. The molecule has 6 heteroatoms. The third kappa shape index (κ3) is 4.37. The van der Waals surface area contributed by atoms with E-state index in [9.17, 15) is 9.18 Å². The summed E-state index contributed by atoms with van der Waals surface area (Å²) >= 11 is 1.33. The minimum absolute atomic E-state index is 0.267. The van der Waals surface area contributed by atoms with Gasteiger partial charge in [0.1, 0.15) is 11.6 Å². The van der Waals surface area contributed by atoms with E-state index in [2.05, 4.69) is 10.3 Å². The molecule has 0 radical (unpaired) electrons. The number of benzene rings is 2.